The van der Waals surface area contributed by atoms with E-state index >= 15 is 0 Å². The molecule has 0 spiro atoms. The van der Waals surface area contributed by atoms with Crippen LogP contribution >= 0.6 is 0 Å². The van der Waals surface area contributed by atoms with Gasteiger partial charge in [-0.05, 0) is 48.9 Å². The molecule has 0 saturated heterocycles. The molecule has 0 aromatic heterocycles. The summed E-state index contributed by atoms with van der Waals surface area (Å²) in [5.74, 6) is 1.88. The van der Waals surface area contributed by atoms with Gasteiger partial charge in [0.25, 0.3) is 5.91 Å². The van der Waals surface area contributed by atoms with Crippen molar-refractivity contribution in [2.75, 3.05) is 33.2 Å². The molecule has 2 N–H and O–H groups in total. The summed E-state index contributed by atoms with van der Waals surface area (Å²) >= 11 is 0. The Bertz CT molecular complexity index is 788. The van der Waals surface area contributed by atoms with Crippen molar-refractivity contribution >= 4 is 17.3 Å². The van der Waals surface area contributed by atoms with Crippen LogP contribution in [0.5, 0.6) is 17.2 Å². The molecule has 1 amide bonds. The number of ether oxygens (including phenoxy) is 3. The van der Waals surface area contributed by atoms with E-state index in [0.29, 0.717) is 17.9 Å². The van der Waals surface area contributed by atoms with E-state index in [1.54, 1.807) is 21.3 Å². The molecule has 0 saturated carbocycles. The molecule has 7 heteroatoms. The fraction of sp³-hybridized carbons (Fsp3) is 0.300. The van der Waals surface area contributed by atoms with Gasteiger partial charge in [-0.2, -0.15) is 5.10 Å². The van der Waals surface area contributed by atoms with E-state index < -0.39 is 0 Å². The van der Waals surface area contributed by atoms with Crippen LogP contribution in [0.1, 0.15) is 12.5 Å². The van der Waals surface area contributed by atoms with Gasteiger partial charge in [0.05, 0.1) is 27.9 Å². The van der Waals surface area contributed by atoms with Gasteiger partial charge < -0.3 is 19.5 Å². The molecule has 0 fully saturated rings. The fourth-order valence-corrected chi connectivity index (χ4v) is 2.41. The molecule has 7 nitrogen and oxygen atoms in total. The lowest BCUT2D eigenvalue weighted by Gasteiger charge is -2.10. The molecule has 0 radical (unpaired) electrons. The van der Waals surface area contributed by atoms with Crippen molar-refractivity contribution in [3.63, 3.8) is 0 Å². The second-order valence-electron chi connectivity index (χ2n) is 5.83. The zero-order chi connectivity index (χ0) is 19.6. The Kier molecular flexibility index (Phi) is 7.49. The summed E-state index contributed by atoms with van der Waals surface area (Å²) in [6, 6.07) is 13.0. The molecule has 2 aromatic rings. The second-order valence-corrected chi connectivity index (χ2v) is 5.83. The van der Waals surface area contributed by atoms with Crippen LogP contribution in [0.15, 0.2) is 47.6 Å². The summed E-state index contributed by atoms with van der Waals surface area (Å²) in [6.07, 6.45) is 0.590. The summed E-state index contributed by atoms with van der Waals surface area (Å²) in [5, 5.41) is 7.17. The van der Waals surface area contributed by atoms with Crippen LogP contribution in [0.2, 0.25) is 0 Å². The van der Waals surface area contributed by atoms with Crippen molar-refractivity contribution in [1.82, 2.24) is 5.43 Å². The number of nitrogens with zero attached hydrogens (tertiary/aromatic N) is 1. The number of methoxy groups -OCH3 is 3. The number of carbonyl (C=O) groups excluding carboxylic acids is 1. The molecule has 0 heterocycles. The number of rotatable bonds is 9. The van der Waals surface area contributed by atoms with Crippen LogP contribution in [-0.2, 0) is 11.2 Å². The number of hydrazone groups is 1. The summed E-state index contributed by atoms with van der Waals surface area (Å²) in [7, 11) is 4.80. The minimum absolute atomic E-state index is 0.124. The highest BCUT2D eigenvalue weighted by atomic mass is 16.5. The first-order valence-electron chi connectivity index (χ1n) is 8.46. The van der Waals surface area contributed by atoms with Gasteiger partial charge in [0.2, 0.25) is 0 Å². The molecule has 0 aliphatic rings. The Balaban J connectivity index is 1.84. The minimum atomic E-state index is -0.225. The Morgan fingerprint density at radius 1 is 0.963 bits per heavy atom. The maximum absolute atomic E-state index is 11.9. The van der Waals surface area contributed by atoms with E-state index in [2.05, 4.69) is 15.8 Å². The third-order valence-electron chi connectivity index (χ3n) is 3.82. The number of hydrogen-bond acceptors (Lipinski definition) is 6. The van der Waals surface area contributed by atoms with Gasteiger partial charge in [0.1, 0.15) is 5.75 Å². The lowest BCUT2D eigenvalue weighted by Crippen LogP contribution is -2.26. The zero-order valence-electron chi connectivity index (χ0n) is 16.0. The first-order chi connectivity index (χ1) is 13.0. The molecule has 2 rings (SSSR count). The maximum Gasteiger partial charge on any atom is 0.259 e. The highest BCUT2D eigenvalue weighted by molar-refractivity contribution is 5.87. The van der Waals surface area contributed by atoms with E-state index in [4.69, 9.17) is 14.2 Å². The van der Waals surface area contributed by atoms with E-state index in [-0.39, 0.29) is 12.5 Å². The predicted molar refractivity (Wildman–Crippen MR) is 106 cm³/mol. The minimum Gasteiger partial charge on any atom is -0.497 e. The Morgan fingerprint density at radius 3 is 2.30 bits per heavy atom. The average Bonchev–Trinajstić information content (AvgIpc) is 2.70. The summed E-state index contributed by atoms with van der Waals surface area (Å²) in [6.45, 7) is 1.98. The van der Waals surface area contributed by atoms with E-state index in [1.165, 1.54) is 0 Å². The Labute approximate surface area is 159 Å². The highest BCUT2D eigenvalue weighted by Crippen LogP contribution is 2.27. The largest absolute Gasteiger partial charge is 0.497 e. The standard InChI is InChI=1S/C20H25N3O4/c1-14(11-15-5-10-18(26-3)19(12-15)27-4)22-23-20(24)13-21-16-6-8-17(25-2)9-7-16/h5-10,12,21H,11,13H2,1-4H3,(H,23,24)/b22-14-. The van der Waals surface area contributed by atoms with Gasteiger partial charge in [-0.25, -0.2) is 5.43 Å². The number of nitrogens with one attached hydrogen (secondary N) is 2. The number of amides is 1. The molecule has 0 bridgehead atoms. The molecule has 0 atom stereocenters. The predicted octanol–water partition coefficient (Wildman–Crippen LogP) is 2.86. The maximum atomic E-state index is 11.9. The molecule has 27 heavy (non-hydrogen) atoms. The molecule has 144 valence electrons. The molecule has 0 aliphatic carbocycles. The number of hydrogen-bond donors (Lipinski definition) is 2. The molecular weight excluding hydrogens is 346 g/mol. The number of anilines is 1. The van der Waals surface area contributed by atoms with Gasteiger partial charge in [-0.1, -0.05) is 6.07 Å². The molecule has 0 unspecified atom stereocenters. The summed E-state index contributed by atoms with van der Waals surface area (Å²) < 4.78 is 15.6. The van der Waals surface area contributed by atoms with Crippen molar-refractivity contribution in [2.45, 2.75) is 13.3 Å². The van der Waals surface area contributed by atoms with Gasteiger partial charge >= 0.3 is 0 Å². The Hall–Kier alpha value is -3.22. The van der Waals surface area contributed by atoms with E-state index in [0.717, 1.165) is 22.7 Å². The Morgan fingerprint density at radius 2 is 1.67 bits per heavy atom. The summed E-state index contributed by atoms with van der Waals surface area (Å²) in [4.78, 5) is 11.9. The van der Waals surface area contributed by atoms with Crippen LogP contribution in [-0.4, -0.2) is 39.5 Å². The van der Waals surface area contributed by atoms with Crippen molar-refractivity contribution in [3.8, 4) is 17.2 Å². The van der Waals surface area contributed by atoms with Gasteiger partial charge in [-0.3, -0.25) is 4.79 Å². The summed E-state index contributed by atoms with van der Waals surface area (Å²) in [5.41, 5.74) is 5.17. The smallest absolute Gasteiger partial charge is 0.259 e. The van der Waals surface area contributed by atoms with Crippen molar-refractivity contribution in [3.05, 3.63) is 48.0 Å². The van der Waals surface area contributed by atoms with Crippen molar-refractivity contribution < 1.29 is 19.0 Å². The van der Waals surface area contributed by atoms with Crippen LogP contribution in [0.4, 0.5) is 5.69 Å². The van der Waals surface area contributed by atoms with Crippen LogP contribution in [0.3, 0.4) is 0 Å². The van der Waals surface area contributed by atoms with Crippen LogP contribution < -0.4 is 25.0 Å². The zero-order valence-corrected chi connectivity index (χ0v) is 16.0. The topological polar surface area (TPSA) is 81.2 Å². The first-order valence-corrected chi connectivity index (χ1v) is 8.46. The third kappa shape index (κ3) is 6.22. The second kappa shape index (κ2) is 10.1. The van der Waals surface area contributed by atoms with Gasteiger partial charge in [0.15, 0.2) is 11.5 Å². The third-order valence-corrected chi connectivity index (χ3v) is 3.82. The number of carbonyl (C=O) groups is 1. The van der Waals surface area contributed by atoms with E-state index in [1.807, 2.05) is 49.4 Å². The fourth-order valence-electron chi connectivity index (χ4n) is 2.41. The number of benzene rings is 2. The van der Waals surface area contributed by atoms with Gasteiger partial charge in [0, 0.05) is 17.8 Å². The first kappa shape index (κ1) is 20.1. The van der Waals surface area contributed by atoms with Crippen molar-refractivity contribution in [1.29, 1.82) is 0 Å². The monoisotopic (exact) mass is 371 g/mol. The van der Waals surface area contributed by atoms with Crippen molar-refractivity contribution in [2.24, 2.45) is 5.10 Å². The average molecular weight is 371 g/mol. The highest BCUT2D eigenvalue weighted by Gasteiger charge is 2.06. The lowest BCUT2D eigenvalue weighted by atomic mass is 10.1. The normalized spacial score (nSPS) is 10.9. The van der Waals surface area contributed by atoms with Crippen LogP contribution in [0.25, 0.3) is 0 Å². The van der Waals surface area contributed by atoms with Crippen LogP contribution in [0, 0.1) is 0 Å². The quantitative estimate of drug-likeness (QED) is 0.523. The SMILES string of the molecule is COc1ccc(NCC(=O)N/N=C(/C)Cc2ccc(OC)c(OC)c2)cc1. The lowest BCUT2D eigenvalue weighted by molar-refractivity contribution is -0.119. The molecule has 0 aliphatic heterocycles. The molecule has 2 aromatic carbocycles. The molecular formula is C20H25N3O4. The van der Waals surface area contributed by atoms with E-state index in [9.17, 15) is 4.79 Å². The van der Waals surface area contributed by atoms with Gasteiger partial charge in [-0.15, -0.1) is 0 Å².